The highest BCUT2D eigenvalue weighted by atomic mass is 35.5. The molecule has 0 aliphatic carbocycles. The Bertz CT molecular complexity index is 619. The highest BCUT2D eigenvalue weighted by Crippen LogP contribution is 2.25. The van der Waals surface area contributed by atoms with Crippen molar-refractivity contribution in [1.29, 1.82) is 0 Å². The smallest absolute Gasteiger partial charge is 0.0408 e. The molecule has 0 saturated heterocycles. The maximum Gasteiger partial charge on any atom is 0.0408 e. The number of nitrogens with one attached hydrogen (secondary N) is 1. The molecule has 0 aliphatic rings. The van der Waals surface area contributed by atoms with Crippen LogP contribution in [0.25, 0.3) is 0 Å². The molecule has 2 aromatic carbocycles. The second-order valence-electron chi connectivity index (χ2n) is 5.74. The Hall–Kier alpha value is -1.31. The fraction of sp³-hybridized carbons (Fsp3) is 0.368. The van der Waals surface area contributed by atoms with Gasteiger partial charge in [-0.25, -0.2) is 0 Å². The number of aryl methyl sites for hydroxylation is 3. The average Bonchev–Trinajstić information content (AvgIpc) is 2.42. The Morgan fingerprint density at radius 2 is 1.71 bits per heavy atom. The number of rotatable bonds is 5. The third-order valence-corrected chi connectivity index (χ3v) is 4.27. The zero-order valence-electron chi connectivity index (χ0n) is 13.3. The molecule has 1 N–H and O–H groups in total. The molecule has 21 heavy (non-hydrogen) atoms. The van der Waals surface area contributed by atoms with Crippen LogP contribution in [0.3, 0.4) is 0 Å². The molecule has 2 heteroatoms. The summed E-state index contributed by atoms with van der Waals surface area (Å²) >= 11 is 6.11. The lowest BCUT2D eigenvalue weighted by Gasteiger charge is -2.22. The van der Waals surface area contributed by atoms with Crippen molar-refractivity contribution >= 4 is 11.6 Å². The topological polar surface area (TPSA) is 12.0 Å². The van der Waals surface area contributed by atoms with E-state index in [4.69, 9.17) is 11.6 Å². The first-order chi connectivity index (χ1) is 10.0. The quantitative estimate of drug-likeness (QED) is 0.804. The van der Waals surface area contributed by atoms with Crippen LogP contribution >= 0.6 is 11.6 Å². The molecule has 0 radical (unpaired) electrons. The van der Waals surface area contributed by atoms with E-state index in [2.05, 4.69) is 57.3 Å². The fourth-order valence-corrected chi connectivity index (χ4v) is 3.01. The highest BCUT2D eigenvalue weighted by Gasteiger charge is 2.14. The number of hydrogen-bond acceptors (Lipinski definition) is 1. The minimum Gasteiger partial charge on any atom is -0.310 e. The summed E-state index contributed by atoms with van der Waals surface area (Å²) in [6.45, 7) is 9.66. The molecule has 1 atom stereocenters. The summed E-state index contributed by atoms with van der Waals surface area (Å²) in [6.07, 6.45) is 0.956. The molecule has 0 saturated carbocycles. The van der Waals surface area contributed by atoms with Crippen LogP contribution in [-0.4, -0.2) is 6.54 Å². The predicted octanol–water partition coefficient (Wildman–Crippen LogP) is 5.16. The Labute approximate surface area is 133 Å². The number of hydrogen-bond donors (Lipinski definition) is 1. The summed E-state index contributed by atoms with van der Waals surface area (Å²) in [6, 6.07) is 13.1. The summed E-state index contributed by atoms with van der Waals surface area (Å²) in [5, 5.41) is 4.42. The zero-order valence-corrected chi connectivity index (χ0v) is 14.1. The second-order valence-corrected chi connectivity index (χ2v) is 6.17. The van der Waals surface area contributed by atoms with Crippen molar-refractivity contribution < 1.29 is 0 Å². The van der Waals surface area contributed by atoms with Crippen LogP contribution in [0, 0.1) is 20.8 Å². The summed E-state index contributed by atoms with van der Waals surface area (Å²) in [5.74, 6) is 0. The first kappa shape index (κ1) is 16.1. The highest BCUT2D eigenvalue weighted by molar-refractivity contribution is 6.30. The molecule has 0 bridgehead atoms. The van der Waals surface area contributed by atoms with E-state index in [0.717, 1.165) is 18.0 Å². The third kappa shape index (κ3) is 4.09. The van der Waals surface area contributed by atoms with Gasteiger partial charge in [-0.15, -0.1) is 0 Å². The van der Waals surface area contributed by atoms with Gasteiger partial charge >= 0.3 is 0 Å². The normalized spacial score (nSPS) is 12.4. The lowest BCUT2D eigenvalue weighted by Crippen LogP contribution is -2.24. The van der Waals surface area contributed by atoms with Gasteiger partial charge in [-0.1, -0.05) is 42.8 Å². The molecule has 0 amide bonds. The zero-order chi connectivity index (χ0) is 15.4. The maximum atomic E-state index is 6.11. The van der Waals surface area contributed by atoms with Crippen LogP contribution in [-0.2, 0) is 6.42 Å². The van der Waals surface area contributed by atoms with Crippen molar-refractivity contribution in [3.05, 3.63) is 69.2 Å². The molecular weight excluding hydrogens is 278 g/mol. The Morgan fingerprint density at radius 1 is 1.00 bits per heavy atom. The van der Waals surface area contributed by atoms with Crippen molar-refractivity contribution in [2.24, 2.45) is 0 Å². The van der Waals surface area contributed by atoms with Gasteiger partial charge in [-0.3, -0.25) is 0 Å². The molecule has 0 aromatic heterocycles. The maximum absolute atomic E-state index is 6.11. The van der Waals surface area contributed by atoms with Gasteiger partial charge in [0.1, 0.15) is 0 Å². The number of halogens is 1. The van der Waals surface area contributed by atoms with Gasteiger partial charge in [0.05, 0.1) is 0 Å². The predicted molar refractivity (Wildman–Crippen MR) is 92.2 cm³/mol. The Balaban J connectivity index is 2.33. The monoisotopic (exact) mass is 301 g/mol. The molecular formula is C19H24ClN. The second kappa shape index (κ2) is 7.11. The lowest BCUT2D eigenvalue weighted by atomic mass is 9.92. The molecule has 1 nitrogen and oxygen atoms in total. The molecule has 2 aromatic rings. The Morgan fingerprint density at radius 3 is 2.38 bits per heavy atom. The van der Waals surface area contributed by atoms with E-state index in [-0.39, 0.29) is 0 Å². The van der Waals surface area contributed by atoms with Crippen LogP contribution in [0.2, 0.25) is 5.02 Å². The van der Waals surface area contributed by atoms with Gasteiger partial charge in [-0.2, -0.15) is 0 Å². The summed E-state index contributed by atoms with van der Waals surface area (Å²) in [4.78, 5) is 0. The first-order valence-corrected chi connectivity index (χ1v) is 7.94. The molecule has 2 rings (SSSR count). The van der Waals surface area contributed by atoms with E-state index in [1.807, 2.05) is 12.1 Å². The van der Waals surface area contributed by atoms with Crippen LogP contribution in [0.4, 0.5) is 0 Å². The van der Waals surface area contributed by atoms with Gasteiger partial charge in [0.2, 0.25) is 0 Å². The van der Waals surface area contributed by atoms with E-state index in [1.165, 1.54) is 27.8 Å². The van der Waals surface area contributed by atoms with Crippen molar-refractivity contribution in [3.8, 4) is 0 Å². The van der Waals surface area contributed by atoms with Gasteiger partial charge in [0.25, 0.3) is 0 Å². The minimum absolute atomic E-state index is 0.327. The van der Waals surface area contributed by atoms with Crippen LogP contribution in [0.15, 0.2) is 36.4 Å². The molecule has 0 heterocycles. The minimum atomic E-state index is 0.327. The summed E-state index contributed by atoms with van der Waals surface area (Å²) in [7, 11) is 0. The SMILES string of the molecule is CCNC(Cc1cccc(Cl)c1)c1cc(C)c(C)cc1C. The van der Waals surface area contributed by atoms with Crippen LogP contribution in [0.1, 0.15) is 40.8 Å². The molecule has 0 aliphatic heterocycles. The van der Waals surface area contributed by atoms with Gasteiger partial charge in [-0.05, 0) is 73.7 Å². The van der Waals surface area contributed by atoms with Crippen LogP contribution in [0.5, 0.6) is 0 Å². The number of benzene rings is 2. The van der Waals surface area contributed by atoms with E-state index in [1.54, 1.807) is 0 Å². The van der Waals surface area contributed by atoms with Crippen molar-refractivity contribution in [1.82, 2.24) is 5.32 Å². The molecule has 1 unspecified atom stereocenters. The standard InChI is InChI=1S/C19H24ClN/c1-5-21-19(12-16-7-6-8-17(20)11-16)18-10-14(3)13(2)9-15(18)4/h6-11,19,21H,5,12H2,1-4H3. The molecule has 112 valence electrons. The van der Waals surface area contributed by atoms with Gasteiger partial charge in [0.15, 0.2) is 0 Å². The molecule has 0 spiro atoms. The van der Waals surface area contributed by atoms with E-state index >= 15 is 0 Å². The molecule has 0 fully saturated rings. The average molecular weight is 302 g/mol. The van der Waals surface area contributed by atoms with Gasteiger partial charge in [0, 0.05) is 11.1 Å². The number of likely N-dealkylation sites (N-methyl/N-ethyl adjacent to an activating group) is 1. The lowest BCUT2D eigenvalue weighted by molar-refractivity contribution is 0.547. The largest absolute Gasteiger partial charge is 0.310 e. The van der Waals surface area contributed by atoms with E-state index < -0.39 is 0 Å². The first-order valence-electron chi connectivity index (χ1n) is 7.56. The Kier molecular flexibility index (Phi) is 5.44. The van der Waals surface area contributed by atoms with Crippen LogP contribution < -0.4 is 5.32 Å². The summed E-state index contributed by atoms with van der Waals surface area (Å²) < 4.78 is 0. The third-order valence-electron chi connectivity index (χ3n) is 4.04. The van der Waals surface area contributed by atoms with Crippen molar-refractivity contribution in [3.63, 3.8) is 0 Å². The van der Waals surface area contributed by atoms with Crippen molar-refractivity contribution in [2.45, 2.75) is 40.2 Å². The van der Waals surface area contributed by atoms with E-state index in [0.29, 0.717) is 6.04 Å². The van der Waals surface area contributed by atoms with Gasteiger partial charge < -0.3 is 5.32 Å². The van der Waals surface area contributed by atoms with E-state index in [9.17, 15) is 0 Å². The summed E-state index contributed by atoms with van der Waals surface area (Å²) in [5.41, 5.74) is 6.72. The van der Waals surface area contributed by atoms with Crippen molar-refractivity contribution in [2.75, 3.05) is 6.54 Å². The fourth-order valence-electron chi connectivity index (χ4n) is 2.80.